The molecule has 1 aliphatic rings. The van der Waals surface area contributed by atoms with Gasteiger partial charge in [-0.2, -0.15) is 0 Å². The lowest BCUT2D eigenvalue weighted by molar-refractivity contribution is 0.0288. The van der Waals surface area contributed by atoms with Gasteiger partial charge in [0.2, 0.25) is 0 Å². The Morgan fingerprint density at radius 3 is 1.76 bits per heavy atom. The van der Waals surface area contributed by atoms with Gasteiger partial charge in [-0.15, -0.1) is 0 Å². The van der Waals surface area contributed by atoms with Gasteiger partial charge in [-0.05, 0) is 41.7 Å². The van der Waals surface area contributed by atoms with Gasteiger partial charge in [-0.3, -0.25) is 0 Å². The van der Waals surface area contributed by atoms with E-state index in [-0.39, 0.29) is 18.8 Å². The van der Waals surface area contributed by atoms with Gasteiger partial charge in [0.15, 0.2) is 11.5 Å². The number of unbranched alkanes of at least 4 members (excludes halogenated alkanes) is 8. The molecule has 0 amide bonds. The molecule has 2 aromatic rings. The van der Waals surface area contributed by atoms with Crippen molar-refractivity contribution in [2.75, 3.05) is 52.9 Å². The van der Waals surface area contributed by atoms with Crippen LogP contribution >= 0.6 is 0 Å². The molecule has 8 nitrogen and oxygen atoms in total. The number of hydrogen-bond donors (Lipinski definition) is 1. The highest BCUT2D eigenvalue weighted by atomic mass is 16.6. The van der Waals surface area contributed by atoms with Crippen molar-refractivity contribution in [2.45, 2.75) is 84.3 Å². The minimum Gasteiger partial charge on any atom is -0.487 e. The topological polar surface area (TPSA) is 92.7 Å². The number of aryl methyl sites for hydroxylation is 1. The van der Waals surface area contributed by atoms with Crippen molar-refractivity contribution in [1.82, 2.24) is 0 Å². The quantitative estimate of drug-likeness (QED) is 0.282. The summed E-state index contributed by atoms with van der Waals surface area (Å²) in [4.78, 5) is 11.9. The zero-order valence-corrected chi connectivity index (χ0v) is 25.4. The Kier molecular flexibility index (Phi) is 17.0. The molecule has 0 atom stereocenters. The minimum absolute atomic E-state index is 0.185. The summed E-state index contributed by atoms with van der Waals surface area (Å²) < 4.78 is 34.8. The third-order valence-corrected chi connectivity index (χ3v) is 7.26. The molecule has 0 saturated carbocycles. The maximum Gasteiger partial charge on any atom is 0.336 e. The van der Waals surface area contributed by atoms with E-state index in [4.69, 9.17) is 28.4 Å². The van der Waals surface area contributed by atoms with Crippen molar-refractivity contribution in [3.8, 4) is 11.5 Å². The van der Waals surface area contributed by atoms with Gasteiger partial charge in [0.05, 0.1) is 58.4 Å². The van der Waals surface area contributed by atoms with E-state index in [2.05, 4.69) is 19.1 Å². The summed E-state index contributed by atoms with van der Waals surface area (Å²) >= 11 is 0. The Bertz CT molecular complexity index is 1020. The van der Waals surface area contributed by atoms with Gasteiger partial charge in [0, 0.05) is 0 Å². The molecule has 0 spiro atoms. The second-order valence-corrected chi connectivity index (χ2v) is 10.6. The predicted molar refractivity (Wildman–Crippen MR) is 163 cm³/mol. The van der Waals surface area contributed by atoms with Gasteiger partial charge in [0.1, 0.15) is 13.2 Å². The van der Waals surface area contributed by atoms with Crippen LogP contribution in [-0.4, -0.2) is 63.9 Å². The van der Waals surface area contributed by atoms with Crippen LogP contribution in [0.15, 0.2) is 36.4 Å². The second kappa shape index (κ2) is 21.1. The summed E-state index contributed by atoms with van der Waals surface area (Å²) in [6.45, 7) is 5.66. The summed E-state index contributed by atoms with van der Waals surface area (Å²) in [6.07, 6.45) is 12.8. The van der Waals surface area contributed by atoms with Crippen LogP contribution in [-0.2, 0) is 38.6 Å². The van der Waals surface area contributed by atoms with Crippen molar-refractivity contribution in [1.29, 1.82) is 0 Å². The number of ether oxygens (including phenoxy) is 6. The van der Waals surface area contributed by atoms with Crippen LogP contribution in [0.1, 0.15) is 91.8 Å². The van der Waals surface area contributed by atoms with Crippen LogP contribution in [0.4, 0.5) is 0 Å². The molecular weight excluding hydrogens is 536 g/mol. The van der Waals surface area contributed by atoms with Crippen LogP contribution in [0.5, 0.6) is 11.5 Å². The monoisotopic (exact) mass is 586 g/mol. The molecule has 3 rings (SSSR count). The fourth-order valence-electron chi connectivity index (χ4n) is 4.97. The molecule has 0 radical (unpaired) electrons. The fraction of sp³-hybridized carbons (Fsp3) is 0.618. The fourth-order valence-corrected chi connectivity index (χ4v) is 4.97. The van der Waals surface area contributed by atoms with Crippen molar-refractivity contribution in [3.63, 3.8) is 0 Å². The zero-order valence-electron chi connectivity index (χ0n) is 25.4. The largest absolute Gasteiger partial charge is 0.487 e. The van der Waals surface area contributed by atoms with E-state index in [9.17, 15) is 9.90 Å². The van der Waals surface area contributed by atoms with Crippen LogP contribution in [0.2, 0.25) is 0 Å². The number of benzene rings is 2. The third-order valence-electron chi connectivity index (χ3n) is 7.26. The number of aromatic carboxylic acids is 1. The molecule has 1 aliphatic heterocycles. The average molecular weight is 587 g/mol. The Morgan fingerprint density at radius 1 is 0.643 bits per heavy atom. The smallest absolute Gasteiger partial charge is 0.336 e. The van der Waals surface area contributed by atoms with Gasteiger partial charge in [0.25, 0.3) is 0 Å². The van der Waals surface area contributed by atoms with Crippen molar-refractivity contribution in [3.05, 3.63) is 58.7 Å². The summed E-state index contributed by atoms with van der Waals surface area (Å²) in [5.41, 5.74) is 2.70. The van der Waals surface area contributed by atoms with Crippen molar-refractivity contribution >= 4 is 5.97 Å². The molecule has 2 bridgehead atoms. The van der Waals surface area contributed by atoms with Gasteiger partial charge in [-0.25, -0.2) is 4.79 Å². The lowest BCUT2D eigenvalue weighted by Gasteiger charge is -2.15. The van der Waals surface area contributed by atoms with E-state index in [1.807, 2.05) is 12.1 Å². The molecule has 234 valence electrons. The van der Waals surface area contributed by atoms with Crippen LogP contribution in [0.3, 0.4) is 0 Å². The number of carbonyl (C=O) groups is 1. The van der Waals surface area contributed by atoms with E-state index in [1.54, 1.807) is 12.1 Å². The van der Waals surface area contributed by atoms with Crippen LogP contribution in [0, 0.1) is 0 Å². The lowest BCUT2D eigenvalue weighted by Crippen LogP contribution is -2.13. The number of carboxylic acids is 1. The Morgan fingerprint density at radius 2 is 1.17 bits per heavy atom. The predicted octanol–water partition coefficient (Wildman–Crippen LogP) is 7.00. The van der Waals surface area contributed by atoms with Gasteiger partial charge < -0.3 is 33.5 Å². The highest BCUT2D eigenvalue weighted by Crippen LogP contribution is 2.29. The second-order valence-electron chi connectivity index (χ2n) is 10.6. The van der Waals surface area contributed by atoms with Gasteiger partial charge in [-0.1, -0.05) is 82.6 Å². The van der Waals surface area contributed by atoms with Crippen molar-refractivity contribution < 1.29 is 38.3 Å². The molecule has 0 saturated heterocycles. The first kappa shape index (κ1) is 33.8. The van der Waals surface area contributed by atoms with E-state index in [0.29, 0.717) is 69.7 Å². The molecule has 1 heterocycles. The minimum atomic E-state index is -0.996. The zero-order chi connectivity index (χ0) is 29.7. The number of hydrogen-bond acceptors (Lipinski definition) is 7. The average Bonchev–Trinajstić information content (AvgIpc) is 2.99. The molecule has 0 aromatic heterocycles. The van der Waals surface area contributed by atoms with E-state index in [0.717, 1.165) is 12.2 Å². The van der Waals surface area contributed by atoms with Crippen LogP contribution in [0.25, 0.3) is 0 Å². The maximum absolute atomic E-state index is 11.9. The molecule has 42 heavy (non-hydrogen) atoms. The molecule has 1 N–H and O–H groups in total. The summed E-state index contributed by atoms with van der Waals surface area (Å²) in [7, 11) is 0. The molecule has 2 aromatic carbocycles. The summed E-state index contributed by atoms with van der Waals surface area (Å²) in [6, 6.07) is 11.5. The third kappa shape index (κ3) is 13.1. The first-order valence-electron chi connectivity index (χ1n) is 15.7. The molecule has 8 heteroatoms. The van der Waals surface area contributed by atoms with E-state index < -0.39 is 5.97 Å². The van der Waals surface area contributed by atoms with Crippen molar-refractivity contribution in [2.24, 2.45) is 0 Å². The molecular formula is C34H50O8. The normalized spacial score (nSPS) is 15.9. The lowest BCUT2D eigenvalue weighted by atomic mass is 10.0. The first-order chi connectivity index (χ1) is 20.7. The van der Waals surface area contributed by atoms with E-state index in [1.165, 1.54) is 63.4 Å². The van der Waals surface area contributed by atoms with Gasteiger partial charge >= 0.3 is 5.97 Å². The number of fused-ring (bicyclic) bond motifs is 3. The standard InChI is InChI=1S/C34H50O8/c1-2-3-4-5-6-7-8-9-10-12-28-15-16-31-32(25-28)42-24-22-38-18-20-40-27-30-14-11-13-29(33(30)34(35)36)26-39-19-17-37-21-23-41-31/h11,13-16,25H,2-10,12,17-24,26-27H2,1H3,(H,35,36). The molecule has 0 aliphatic carbocycles. The maximum atomic E-state index is 11.9. The van der Waals surface area contributed by atoms with Crippen LogP contribution < -0.4 is 9.47 Å². The molecule has 0 fully saturated rings. The Balaban J connectivity index is 1.49. The molecule has 0 unspecified atom stereocenters. The number of carboxylic acid groups (broad SMARTS) is 1. The Hall–Kier alpha value is -2.65. The highest BCUT2D eigenvalue weighted by Gasteiger charge is 2.16. The summed E-state index contributed by atoms with van der Waals surface area (Å²) in [5, 5.41) is 9.76. The number of rotatable bonds is 11. The Labute approximate surface area is 251 Å². The van der Waals surface area contributed by atoms with E-state index >= 15 is 0 Å². The summed E-state index contributed by atoms with van der Waals surface area (Å²) in [5.74, 6) is 0.419. The highest BCUT2D eigenvalue weighted by molar-refractivity contribution is 5.91. The SMILES string of the molecule is CCCCCCCCCCCc1ccc2c(c1)OCCOCCOCc1cccc(c1C(=O)O)COCCOCCO2. The first-order valence-corrected chi connectivity index (χ1v) is 15.7.